The quantitative estimate of drug-likeness (QED) is 0.521. The summed E-state index contributed by atoms with van der Waals surface area (Å²) in [6.07, 6.45) is 1.37. The van der Waals surface area contributed by atoms with E-state index in [1.165, 1.54) is 29.6 Å². The van der Waals surface area contributed by atoms with Gasteiger partial charge in [0.1, 0.15) is 18.1 Å². The van der Waals surface area contributed by atoms with Crippen LogP contribution in [0.25, 0.3) is 22.5 Å². The van der Waals surface area contributed by atoms with Gasteiger partial charge in [-0.2, -0.15) is 0 Å². The molecule has 0 bridgehead atoms. The molecule has 1 N–H and O–H groups in total. The van der Waals surface area contributed by atoms with Gasteiger partial charge < -0.3 is 14.3 Å². The Hall–Kier alpha value is -3.59. The Morgan fingerprint density at radius 2 is 1.83 bits per heavy atom. The van der Waals surface area contributed by atoms with Crippen molar-refractivity contribution >= 4 is 28.7 Å². The Bertz CT molecular complexity index is 1360. The highest BCUT2D eigenvalue weighted by atomic mass is 35.5. The summed E-state index contributed by atoms with van der Waals surface area (Å²) in [6.45, 7) is 0.0737. The van der Waals surface area contributed by atoms with Crippen molar-refractivity contribution in [2.24, 2.45) is 14.1 Å². The summed E-state index contributed by atoms with van der Waals surface area (Å²) < 4.78 is 9.44. The van der Waals surface area contributed by atoms with Crippen LogP contribution in [-0.2, 0) is 32.0 Å². The number of aryl methyl sites for hydroxylation is 1. The minimum absolute atomic E-state index is 0.116. The standard InChI is InChI=1S/C20H18ClN5O4/c1-24-18-17(19(28)25(2)20(24)29)26(11-23-18)10-16(27)22-9-14-7-8-15(30-14)12-3-5-13(21)6-4-12/h3-8,11H,9-10H2,1-2H3,(H,22,27). The zero-order valence-corrected chi connectivity index (χ0v) is 17.0. The maximum Gasteiger partial charge on any atom is 0.332 e. The molecule has 3 aromatic heterocycles. The van der Waals surface area contributed by atoms with E-state index in [1.807, 2.05) is 18.2 Å². The average Bonchev–Trinajstić information content (AvgIpc) is 3.37. The summed E-state index contributed by atoms with van der Waals surface area (Å²) in [5, 5.41) is 3.39. The molecule has 1 amide bonds. The number of imidazole rings is 1. The maximum absolute atomic E-state index is 12.4. The van der Waals surface area contributed by atoms with Crippen molar-refractivity contribution in [2.45, 2.75) is 13.1 Å². The number of nitrogens with zero attached hydrogens (tertiary/aromatic N) is 4. The van der Waals surface area contributed by atoms with E-state index in [0.29, 0.717) is 16.5 Å². The molecule has 0 aliphatic rings. The fourth-order valence-electron chi connectivity index (χ4n) is 3.16. The Labute approximate surface area is 175 Å². The van der Waals surface area contributed by atoms with Crippen LogP contribution in [0.1, 0.15) is 5.76 Å². The van der Waals surface area contributed by atoms with Crippen molar-refractivity contribution in [1.29, 1.82) is 0 Å². The number of nitrogens with one attached hydrogen (secondary N) is 1. The minimum Gasteiger partial charge on any atom is -0.459 e. The van der Waals surface area contributed by atoms with Crippen molar-refractivity contribution < 1.29 is 9.21 Å². The SMILES string of the molecule is Cn1c(=O)c2c(ncn2CC(=O)NCc2ccc(-c3ccc(Cl)cc3)o2)n(C)c1=O. The third-order valence-corrected chi connectivity index (χ3v) is 5.03. The van der Waals surface area contributed by atoms with Gasteiger partial charge in [0.25, 0.3) is 5.56 Å². The lowest BCUT2D eigenvalue weighted by molar-refractivity contribution is -0.121. The van der Waals surface area contributed by atoms with E-state index in [0.717, 1.165) is 10.1 Å². The zero-order chi connectivity index (χ0) is 21.4. The fourth-order valence-corrected chi connectivity index (χ4v) is 3.28. The smallest absolute Gasteiger partial charge is 0.332 e. The van der Waals surface area contributed by atoms with Crippen molar-refractivity contribution in [1.82, 2.24) is 24.0 Å². The minimum atomic E-state index is -0.503. The molecule has 0 atom stereocenters. The first-order valence-electron chi connectivity index (χ1n) is 9.07. The number of hydrogen-bond acceptors (Lipinski definition) is 5. The van der Waals surface area contributed by atoms with Gasteiger partial charge in [-0.25, -0.2) is 9.78 Å². The molecule has 0 aliphatic heterocycles. The molecular weight excluding hydrogens is 410 g/mol. The molecule has 9 nitrogen and oxygen atoms in total. The molecule has 1 aromatic carbocycles. The van der Waals surface area contributed by atoms with Gasteiger partial charge in [0.2, 0.25) is 5.91 Å². The number of carbonyl (C=O) groups is 1. The lowest BCUT2D eigenvalue weighted by Gasteiger charge is -2.07. The van der Waals surface area contributed by atoms with Gasteiger partial charge in [-0.05, 0) is 36.4 Å². The van der Waals surface area contributed by atoms with E-state index >= 15 is 0 Å². The highest BCUT2D eigenvalue weighted by Crippen LogP contribution is 2.23. The molecule has 154 valence electrons. The highest BCUT2D eigenvalue weighted by Gasteiger charge is 2.16. The highest BCUT2D eigenvalue weighted by molar-refractivity contribution is 6.30. The van der Waals surface area contributed by atoms with Gasteiger partial charge in [0, 0.05) is 24.7 Å². The van der Waals surface area contributed by atoms with Gasteiger partial charge in [-0.1, -0.05) is 11.6 Å². The summed E-state index contributed by atoms with van der Waals surface area (Å²) >= 11 is 5.90. The second-order valence-corrected chi connectivity index (χ2v) is 7.24. The topological polar surface area (TPSA) is 104 Å². The summed E-state index contributed by atoms with van der Waals surface area (Å²) in [6, 6.07) is 10.8. The molecular formula is C20H18ClN5O4. The average molecular weight is 428 g/mol. The molecule has 0 spiro atoms. The molecule has 0 saturated carbocycles. The van der Waals surface area contributed by atoms with Crippen molar-refractivity contribution in [3.63, 3.8) is 0 Å². The lowest BCUT2D eigenvalue weighted by Crippen LogP contribution is -2.38. The van der Waals surface area contributed by atoms with E-state index in [2.05, 4.69) is 10.3 Å². The Morgan fingerprint density at radius 1 is 1.10 bits per heavy atom. The Kier molecular flexibility index (Phi) is 5.04. The van der Waals surface area contributed by atoms with Gasteiger partial charge >= 0.3 is 5.69 Å². The second-order valence-electron chi connectivity index (χ2n) is 6.80. The lowest BCUT2D eigenvalue weighted by atomic mass is 10.2. The third-order valence-electron chi connectivity index (χ3n) is 4.78. The van der Waals surface area contributed by atoms with Crippen LogP contribution in [0.2, 0.25) is 5.02 Å². The van der Waals surface area contributed by atoms with Crippen molar-refractivity contribution in [2.75, 3.05) is 0 Å². The van der Waals surface area contributed by atoms with Crippen LogP contribution < -0.4 is 16.6 Å². The van der Waals surface area contributed by atoms with Crippen molar-refractivity contribution in [3.8, 4) is 11.3 Å². The second kappa shape index (κ2) is 7.68. The summed E-state index contributed by atoms with van der Waals surface area (Å²) in [7, 11) is 2.91. The van der Waals surface area contributed by atoms with Crippen LogP contribution in [0.3, 0.4) is 0 Å². The first-order chi connectivity index (χ1) is 14.3. The van der Waals surface area contributed by atoms with Gasteiger partial charge in [0.05, 0.1) is 12.9 Å². The molecule has 0 unspecified atom stereocenters. The number of benzene rings is 1. The van der Waals surface area contributed by atoms with Crippen LogP contribution in [-0.4, -0.2) is 24.6 Å². The fraction of sp³-hybridized carbons (Fsp3) is 0.200. The van der Waals surface area contributed by atoms with Crippen molar-refractivity contribution in [3.05, 3.63) is 74.3 Å². The molecule has 10 heteroatoms. The Morgan fingerprint density at radius 3 is 2.57 bits per heavy atom. The largest absolute Gasteiger partial charge is 0.459 e. The van der Waals surface area contributed by atoms with Gasteiger partial charge in [-0.15, -0.1) is 0 Å². The maximum atomic E-state index is 12.4. The number of hydrogen-bond donors (Lipinski definition) is 1. The summed E-state index contributed by atoms with van der Waals surface area (Å²) in [5.74, 6) is 0.928. The molecule has 0 aliphatic carbocycles. The first-order valence-corrected chi connectivity index (χ1v) is 9.45. The number of amides is 1. The number of rotatable bonds is 5. The van der Waals surface area contributed by atoms with E-state index in [4.69, 9.17) is 16.0 Å². The molecule has 0 saturated heterocycles. The van der Waals surface area contributed by atoms with Gasteiger partial charge in [-0.3, -0.25) is 18.7 Å². The van der Waals surface area contributed by atoms with Crippen LogP contribution >= 0.6 is 11.6 Å². The van der Waals surface area contributed by atoms with Crippen LogP contribution in [0.5, 0.6) is 0 Å². The van der Waals surface area contributed by atoms with Crippen LogP contribution in [0, 0.1) is 0 Å². The normalized spacial score (nSPS) is 11.2. The predicted octanol–water partition coefficient (Wildman–Crippen LogP) is 1.66. The van der Waals surface area contributed by atoms with E-state index < -0.39 is 11.2 Å². The van der Waals surface area contributed by atoms with Gasteiger partial charge in [0.15, 0.2) is 11.2 Å². The molecule has 30 heavy (non-hydrogen) atoms. The third kappa shape index (κ3) is 3.55. The molecule has 4 rings (SSSR count). The summed E-state index contributed by atoms with van der Waals surface area (Å²) in [4.78, 5) is 40.9. The Balaban J connectivity index is 1.47. The number of aromatic nitrogens is 4. The number of halogens is 1. The van der Waals surface area contributed by atoms with Crippen LogP contribution in [0.15, 0.2) is 56.7 Å². The zero-order valence-electron chi connectivity index (χ0n) is 16.3. The number of carbonyl (C=O) groups excluding carboxylic acids is 1. The monoisotopic (exact) mass is 427 g/mol. The number of fused-ring (bicyclic) bond motifs is 1. The molecule has 3 heterocycles. The van der Waals surface area contributed by atoms with E-state index in [-0.39, 0.29) is 30.2 Å². The molecule has 0 radical (unpaired) electrons. The molecule has 0 fully saturated rings. The van der Waals surface area contributed by atoms with E-state index in [9.17, 15) is 14.4 Å². The number of furan rings is 1. The molecule has 4 aromatic rings. The predicted molar refractivity (Wildman–Crippen MR) is 111 cm³/mol. The van der Waals surface area contributed by atoms with E-state index in [1.54, 1.807) is 18.2 Å². The summed E-state index contributed by atoms with van der Waals surface area (Å²) in [5.41, 5.74) is 0.323. The first kappa shape index (κ1) is 19.7. The van der Waals surface area contributed by atoms with Crippen LogP contribution in [0.4, 0.5) is 0 Å².